The van der Waals surface area contributed by atoms with Gasteiger partial charge in [0.2, 0.25) is 5.91 Å². The van der Waals surface area contributed by atoms with E-state index in [9.17, 15) is 9.59 Å². The first-order valence-corrected chi connectivity index (χ1v) is 20.2. The lowest BCUT2D eigenvalue weighted by Crippen LogP contribution is -2.48. The van der Waals surface area contributed by atoms with E-state index in [1.165, 1.54) is 4.90 Å². The van der Waals surface area contributed by atoms with Crippen molar-refractivity contribution in [1.29, 1.82) is 0 Å². The van der Waals surface area contributed by atoms with Crippen LogP contribution in [-0.2, 0) is 24.8 Å². The minimum atomic E-state index is -2.02. The molecule has 214 valence electrons. The highest BCUT2D eigenvalue weighted by atomic mass is 28.4. The summed E-state index contributed by atoms with van der Waals surface area (Å²) in [6.45, 7) is 26.1. The van der Waals surface area contributed by atoms with Gasteiger partial charge >= 0.3 is 6.09 Å². The molecular weight excluding hydrogens is 511 g/mol. The molecule has 0 spiro atoms. The summed E-state index contributed by atoms with van der Waals surface area (Å²) in [5.41, 5.74) is 2.07. The van der Waals surface area contributed by atoms with Gasteiger partial charge in [-0.15, -0.1) is 0 Å². The summed E-state index contributed by atoms with van der Waals surface area (Å²) in [6, 6.07) is 9.57. The van der Waals surface area contributed by atoms with Crippen molar-refractivity contribution in [3.63, 3.8) is 0 Å². The number of ether oxygens (including phenoxy) is 1. The minimum Gasteiger partial charge on any atom is -0.447 e. The summed E-state index contributed by atoms with van der Waals surface area (Å²) in [4.78, 5) is 27.8. The van der Waals surface area contributed by atoms with Gasteiger partial charge in [0.1, 0.15) is 6.61 Å². The van der Waals surface area contributed by atoms with Crippen LogP contribution in [-0.4, -0.2) is 58.4 Å². The lowest BCUT2D eigenvalue weighted by atomic mass is 9.92. The van der Waals surface area contributed by atoms with Crippen LogP contribution in [0.25, 0.3) is 0 Å². The van der Waals surface area contributed by atoms with Crippen LogP contribution in [0.3, 0.4) is 0 Å². The molecule has 0 bridgehead atoms. The largest absolute Gasteiger partial charge is 0.447 e. The van der Waals surface area contributed by atoms with Gasteiger partial charge in [0.05, 0.1) is 18.1 Å². The maximum Gasteiger partial charge on any atom is 0.416 e. The van der Waals surface area contributed by atoms with E-state index in [-0.39, 0.29) is 35.6 Å². The molecule has 1 aliphatic heterocycles. The molecule has 2 rings (SSSR count). The van der Waals surface area contributed by atoms with Crippen LogP contribution >= 0.6 is 0 Å². The number of benzene rings is 1. The van der Waals surface area contributed by atoms with E-state index in [1.807, 2.05) is 44.2 Å². The highest BCUT2D eigenvalue weighted by Gasteiger charge is 2.43. The monoisotopic (exact) mass is 561 g/mol. The summed E-state index contributed by atoms with van der Waals surface area (Å²) in [7, 11) is -3.94. The van der Waals surface area contributed by atoms with E-state index in [0.29, 0.717) is 6.42 Å². The van der Waals surface area contributed by atoms with Gasteiger partial charge in [-0.05, 0) is 75.1 Å². The standard InChI is InChI=1S/C30H51NO5Si2/c1-21(24(4)35-38(11,12)30(5,6)7)18-22(2)27(36-37(8,9)10)23(3)28(32)31-26(20-34-29(31)33)19-25-16-14-13-15-17-25/h13-18,21,23-24,26-27H,19-20H2,1-12H3/b22-18+/t21-,23+,24+,26+,27-/m0/s1. The van der Waals surface area contributed by atoms with Crippen LogP contribution in [0.2, 0.25) is 37.8 Å². The number of hydrogen-bond acceptors (Lipinski definition) is 5. The molecule has 1 heterocycles. The summed E-state index contributed by atoms with van der Waals surface area (Å²) in [5, 5.41) is 0.130. The molecule has 0 N–H and O–H groups in total. The third-order valence-electron chi connectivity index (χ3n) is 7.84. The minimum absolute atomic E-state index is 0.0354. The Kier molecular flexibility index (Phi) is 10.8. The van der Waals surface area contributed by atoms with Crippen molar-refractivity contribution in [2.75, 3.05) is 6.61 Å². The molecule has 0 aliphatic carbocycles. The Balaban J connectivity index is 2.28. The van der Waals surface area contributed by atoms with Crippen molar-refractivity contribution >= 4 is 28.6 Å². The highest BCUT2D eigenvalue weighted by molar-refractivity contribution is 6.74. The van der Waals surface area contributed by atoms with Crippen molar-refractivity contribution in [3.05, 3.63) is 47.5 Å². The molecule has 0 aromatic heterocycles. The van der Waals surface area contributed by atoms with E-state index < -0.39 is 34.7 Å². The van der Waals surface area contributed by atoms with E-state index in [2.05, 4.69) is 73.4 Å². The summed E-state index contributed by atoms with van der Waals surface area (Å²) >= 11 is 0. The van der Waals surface area contributed by atoms with Gasteiger partial charge in [-0.2, -0.15) is 0 Å². The number of rotatable bonds is 11. The van der Waals surface area contributed by atoms with Gasteiger partial charge in [0.25, 0.3) is 0 Å². The maximum atomic E-state index is 13.8. The SMILES string of the molecule is C/C(=C\[C@H](C)[C@@H](C)O[Si](C)(C)C(C)(C)C)[C@H](O[Si](C)(C)C)[C@@H](C)C(=O)N1C(=O)OC[C@H]1Cc1ccccc1. The quantitative estimate of drug-likeness (QED) is 0.208. The van der Waals surface area contributed by atoms with E-state index in [4.69, 9.17) is 13.6 Å². The number of carbonyl (C=O) groups excluding carboxylic acids is 2. The van der Waals surface area contributed by atoms with Crippen molar-refractivity contribution < 1.29 is 23.2 Å². The van der Waals surface area contributed by atoms with E-state index >= 15 is 0 Å². The Morgan fingerprint density at radius 2 is 1.66 bits per heavy atom. The Bertz CT molecular complexity index is 981. The van der Waals surface area contributed by atoms with E-state index in [0.717, 1.165) is 11.1 Å². The topological polar surface area (TPSA) is 65.1 Å². The Morgan fingerprint density at radius 1 is 1.08 bits per heavy atom. The molecule has 0 unspecified atom stereocenters. The summed E-state index contributed by atoms with van der Waals surface area (Å²) in [6.07, 6.45) is 1.80. The van der Waals surface area contributed by atoms with E-state index in [1.54, 1.807) is 0 Å². The third-order valence-corrected chi connectivity index (χ3v) is 13.4. The average molecular weight is 562 g/mol. The normalized spacial score (nSPS) is 20.6. The Morgan fingerprint density at radius 3 is 2.18 bits per heavy atom. The Labute approximate surface area is 233 Å². The number of hydrogen-bond donors (Lipinski definition) is 0. The first kappa shape index (κ1) is 32.5. The molecule has 5 atom stereocenters. The van der Waals surface area contributed by atoms with Crippen LogP contribution in [0.1, 0.15) is 54.0 Å². The number of cyclic esters (lactones) is 1. The van der Waals surface area contributed by atoms with Crippen molar-refractivity contribution in [3.8, 4) is 0 Å². The second-order valence-electron chi connectivity index (χ2n) is 13.4. The second-order valence-corrected chi connectivity index (χ2v) is 22.6. The number of amides is 2. The molecule has 1 fully saturated rings. The zero-order valence-electron chi connectivity index (χ0n) is 25.8. The Hall–Kier alpha value is -1.75. The van der Waals surface area contributed by atoms with Gasteiger partial charge in [-0.3, -0.25) is 4.79 Å². The number of carbonyl (C=O) groups is 2. The fraction of sp³-hybridized carbons (Fsp3) is 0.667. The van der Waals surface area contributed by atoms with Crippen molar-refractivity contribution in [2.45, 2.75) is 111 Å². The average Bonchev–Trinajstić information content (AvgIpc) is 3.15. The zero-order chi connectivity index (χ0) is 29.1. The predicted molar refractivity (Wildman–Crippen MR) is 160 cm³/mol. The second kappa shape index (κ2) is 12.6. The first-order chi connectivity index (χ1) is 17.3. The molecule has 0 saturated carbocycles. The molecular formula is C30H51NO5Si2. The van der Waals surface area contributed by atoms with Crippen LogP contribution < -0.4 is 0 Å². The zero-order valence-corrected chi connectivity index (χ0v) is 27.8. The maximum absolute atomic E-state index is 13.8. The van der Waals surface area contributed by atoms with Gasteiger partial charge in [0.15, 0.2) is 16.6 Å². The van der Waals surface area contributed by atoms with Crippen molar-refractivity contribution in [1.82, 2.24) is 4.90 Å². The first-order valence-electron chi connectivity index (χ1n) is 13.9. The molecule has 8 heteroatoms. The lowest BCUT2D eigenvalue weighted by Gasteiger charge is -2.40. The van der Waals surface area contributed by atoms with Crippen LogP contribution in [0.5, 0.6) is 0 Å². The molecule has 0 radical (unpaired) electrons. The molecule has 1 aromatic carbocycles. The molecule has 2 amide bonds. The van der Waals surface area contributed by atoms with Gasteiger partial charge in [-0.25, -0.2) is 9.69 Å². The summed E-state index contributed by atoms with van der Waals surface area (Å²) < 4.78 is 18.6. The van der Waals surface area contributed by atoms with Crippen LogP contribution in [0.15, 0.2) is 42.0 Å². The van der Waals surface area contributed by atoms with Crippen molar-refractivity contribution in [2.24, 2.45) is 11.8 Å². The van der Waals surface area contributed by atoms with Crippen LogP contribution in [0, 0.1) is 11.8 Å². The lowest BCUT2D eigenvalue weighted by molar-refractivity contribution is -0.135. The highest BCUT2D eigenvalue weighted by Crippen LogP contribution is 2.38. The smallest absolute Gasteiger partial charge is 0.416 e. The number of imide groups is 1. The summed E-state index contributed by atoms with van der Waals surface area (Å²) in [5.74, 6) is -0.643. The fourth-order valence-corrected chi connectivity index (χ4v) is 7.13. The molecule has 6 nitrogen and oxygen atoms in total. The van der Waals surface area contributed by atoms with Gasteiger partial charge < -0.3 is 13.6 Å². The molecule has 1 aliphatic rings. The molecule has 1 aromatic rings. The van der Waals surface area contributed by atoms with Gasteiger partial charge in [-0.1, -0.05) is 71.0 Å². The number of nitrogens with zero attached hydrogens (tertiary/aromatic N) is 1. The van der Waals surface area contributed by atoms with Gasteiger partial charge in [0, 0.05) is 6.10 Å². The fourth-order valence-electron chi connectivity index (χ4n) is 4.48. The predicted octanol–water partition coefficient (Wildman–Crippen LogP) is 7.43. The molecule has 1 saturated heterocycles. The molecule has 38 heavy (non-hydrogen) atoms. The van der Waals surface area contributed by atoms with Crippen LogP contribution in [0.4, 0.5) is 4.79 Å². The third kappa shape index (κ3) is 8.63.